The Morgan fingerprint density at radius 3 is 2.75 bits per heavy atom. The summed E-state index contributed by atoms with van der Waals surface area (Å²) in [4.78, 5) is 10.4. The van der Waals surface area contributed by atoms with Crippen molar-refractivity contribution < 1.29 is 4.92 Å². The highest BCUT2D eigenvalue weighted by Gasteiger charge is 2.28. The molecule has 1 unspecified atom stereocenters. The van der Waals surface area contributed by atoms with Gasteiger partial charge in [0.15, 0.2) is 0 Å². The summed E-state index contributed by atoms with van der Waals surface area (Å²) in [5.74, 6) is 0. The Labute approximate surface area is 101 Å². The number of aromatic nitrogens is 2. The maximum absolute atomic E-state index is 10.9. The molecule has 86 valence electrons. The van der Waals surface area contributed by atoms with Crippen molar-refractivity contribution in [3.05, 3.63) is 45.7 Å². The molecule has 1 atom stereocenters. The number of hydrogen-bond donors (Lipinski definition) is 1. The number of nitro groups is 1. The van der Waals surface area contributed by atoms with Crippen LogP contribution in [-0.2, 0) is 6.54 Å². The van der Waals surface area contributed by atoms with Gasteiger partial charge in [0, 0.05) is 0 Å². The number of halogens is 1. The first kappa shape index (κ1) is 12.6. The molecule has 0 amide bonds. The SMILES string of the molecule is C=CCn1nc(Br)c([N+](=O)[O-])c1C(N)C=C. The van der Waals surface area contributed by atoms with Crippen molar-refractivity contribution in [1.29, 1.82) is 0 Å². The average molecular weight is 287 g/mol. The Kier molecular flexibility index (Phi) is 3.97. The lowest BCUT2D eigenvalue weighted by Crippen LogP contribution is -2.15. The largest absolute Gasteiger partial charge is 0.326 e. The zero-order valence-electron chi connectivity index (χ0n) is 8.47. The summed E-state index contributed by atoms with van der Waals surface area (Å²) in [6.07, 6.45) is 3.01. The van der Waals surface area contributed by atoms with Crippen LogP contribution >= 0.6 is 15.9 Å². The van der Waals surface area contributed by atoms with Crippen molar-refractivity contribution in [2.75, 3.05) is 0 Å². The van der Waals surface area contributed by atoms with E-state index in [-0.39, 0.29) is 10.3 Å². The van der Waals surface area contributed by atoms with Crippen molar-refractivity contribution in [2.45, 2.75) is 12.6 Å². The molecule has 0 spiro atoms. The van der Waals surface area contributed by atoms with Crippen LogP contribution in [0.4, 0.5) is 5.69 Å². The van der Waals surface area contributed by atoms with Crippen LogP contribution in [0.2, 0.25) is 0 Å². The number of rotatable bonds is 5. The maximum atomic E-state index is 10.9. The fourth-order valence-corrected chi connectivity index (χ4v) is 1.85. The molecule has 0 radical (unpaired) electrons. The van der Waals surface area contributed by atoms with Crippen molar-refractivity contribution in [1.82, 2.24) is 9.78 Å². The topological polar surface area (TPSA) is 87.0 Å². The molecule has 16 heavy (non-hydrogen) atoms. The van der Waals surface area contributed by atoms with E-state index in [9.17, 15) is 10.1 Å². The van der Waals surface area contributed by atoms with Gasteiger partial charge in [0.2, 0.25) is 4.60 Å². The van der Waals surface area contributed by atoms with Crippen LogP contribution in [0.5, 0.6) is 0 Å². The lowest BCUT2D eigenvalue weighted by atomic mass is 10.2. The Balaban J connectivity index is 3.41. The minimum Gasteiger partial charge on any atom is -0.319 e. The quantitative estimate of drug-likeness (QED) is 0.509. The number of allylic oxidation sites excluding steroid dienone is 1. The van der Waals surface area contributed by atoms with E-state index >= 15 is 0 Å². The monoisotopic (exact) mass is 286 g/mol. The van der Waals surface area contributed by atoms with E-state index in [1.807, 2.05) is 0 Å². The molecular weight excluding hydrogens is 276 g/mol. The van der Waals surface area contributed by atoms with E-state index in [0.29, 0.717) is 12.2 Å². The molecular formula is C9H11BrN4O2. The normalized spacial score (nSPS) is 12.1. The molecule has 0 aromatic carbocycles. The third-order valence-electron chi connectivity index (χ3n) is 1.98. The van der Waals surface area contributed by atoms with E-state index < -0.39 is 11.0 Å². The van der Waals surface area contributed by atoms with Crippen LogP contribution in [0.25, 0.3) is 0 Å². The van der Waals surface area contributed by atoms with Gasteiger partial charge in [-0.15, -0.1) is 13.2 Å². The highest BCUT2D eigenvalue weighted by atomic mass is 79.9. The third kappa shape index (κ3) is 2.20. The van der Waals surface area contributed by atoms with Gasteiger partial charge in [-0.1, -0.05) is 12.2 Å². The molecule has 0 saturated heterocycles. The summed E-state index contributed by atoms with van der Waals surface area (Å²) in [5, 5.41) is 14.9. The lowest BCUT2D eigenvalue weighted by molar-refractivity contribution is -0.386. The smallest absolute Gasteiger partial charge is 0.319 e. The minimum atomic E-state index is -0.640. The molecule has 6 nitrogen and oxygen atoms in total. The van der Waals surface area contributed by atoms with E-state index in [1.54, 1.807) is 6.08 Å². The van der Waals surface area contributed by atoms with Gasteiger partial charge in [-0.3, -0.25) is 14.8 Å². The van der Waals surface area contributed by atoms with Crippen LogP contribution in [0, 0.1) is 10.1 Å². The Morgan fingerprint density at radius 1 is 1.69 bits per heavy atom. The first-order valence-electron chi connectivity index (χ1n) is 4.42. The highest BCUT2D eigenvalue weighted by Crippen LogP contribution is 2.32. The fourth-order valence-electron chi connectivity index (χ4n) is 1.31. The van der Waals surface area contributed by atoms with Gasteiger partial charge in [-0.05, 0) is 15.9 Å². The predicted octanol–water partition coefficient (Wildman–Crippen LogP) is 1.93. The molecule has 1 aromatic heterocycles. The minimum absolute atomic E-state index is 0.130. The zero-order chi connectivity index (χ0) is 12.3. The van der Waals surface area contributed by atoms with E-state index in [1.165, 1.54) is 10.8 Å². The van der Waals surface area contributed by atoms with Gasteiger partial charge in [-0.2, -0.15) is 5.10 Å². The molecule has 7 heteroatoms. The van der Waals surface area contributed by atoms with Gasteiger partial charge >= 0.3 is 5.69 Å². The molecule has 0 bridgehead atoms. The first-order chi connectivity index (χ1) is 7.52. The fraction of sp³-hybridized carbons (Fsp3) is 0.222. The van der Waals surface area contributed by atoms with Crippen LogP contribution in [-0.4, -0.2) is 14.7 Å². The zero-order valence-corrected chi connectivity index (χ0v) is 10.1. The summed E-state index contributed by atoms with van der Waals surface area (Å²) >= 11 is 3.04. The van der Waals surface area contributed by atoms with Crippen molar-refractivity contribution in [3.63, 3.8) is 0 Å². The van der Waals surface area contributed by atoms with Crippen molar-refractivity contribution in [2.24, 2.45) is 5.73 Å². The summed E-state index contributed by atoms with van der Waals surface area (Å²) in [7, 11) is 0. The maximum Gasteiger partial charge on any atom is 0.326 e. The van der Waals surface area contributed by atoms with Gasteiger partial charge in [0.05, 0.1) is 17.5 Å². The van der Waals surface area contributed by atoms with Crippen LogP contribution in [0.3, 0.4) is 0 Å². The number of nitrogens with two attached hydrogens (primary N) is 1. The first-order valence-corrected chi connectivity index (χ1v) is 5.21. The second-order valence-electron chi connectivity index (χ2n) is 3.01. The van der Waals surface area contributed by atoms with Crippen molar-refractivity contribution >= 4 is 21.6 Å². The van der Waals surface area contributed by atoms with Crippen LogP contribution < -0.4 is 5.73 Å². The second kappa shape index (κ2) is 5.04. The molecule has 0 aliphatic rings. The highest BCUT2D eigenvalue weighted by molar-refractivity contribution is 9.10. The Bertz CT molecular complexity index is 441. The van der Waals surface area contributed by atoms with Gasteiger partial charge < -0.3 is 5.73 Å². The summed E-state index contributed by atoms with van der Waals surface area (Å²) in [5.41, 5.74) is 5.92. The molecule has 1 heterocycles. The Hall–Kier alpha value is -1.47. The van der Waals surface area contributed by atoms with E-state index in [4.69, 9.17) is 5.73 Å². The van der Waals surface area contributed by atoms with Crippen molar-refractivity contribution in [3.8, 4) is 0 Å². The molecule has 1 rings (SSSR count). The van der Waals surface area contributed by atoms with Crippen LogP contribution in [0.1, 0.15) is 11.7 Å². The molecule has 0 fully saturated rings. The summed E-state index contributed by atoms with van der Waals surface area (Å²) in [6, 6.07) is -0.640. The standard InChI is InChI=1S/C9H11BrN4O2/c1-3-5-13-7(6(11)4-2)8(14(15)16)9(10)12-13/h3-4,6H,1-2,5,11H2. The summed E-state index contributed by atoms with van der Waals surface area (Å²) in [6.45, 7) is 7.42. The molecule has 0 aliphatic carbocycles. The predicted molar refractivity (Wildman–Crippen MR) is 63.9 cm³/mol. The van der Waals surface area contributed by atoms with E-state index in [2.05, 4.69) is 34.2 Å². The third-order valence-corrected chi connectivity index (χ3v) is 2.51. The average Bonchev–Trinajstić information content (AvgIpc) is 2.54. The molecule has 0 saturated carbocycles. The summed E-state index contributed by atoms with van der Waals surface area (Å²) < 4.78 is 1.59. The van der Waals surface area contributed by atoms with Gasteiger partial charge in [0.25, 0.3) is 0 Å². The number of nitrogens with zero attached hydrogens (tertiary/aromatic N) is 3. The molecule has 2 N–H and O–H groups in total. The van der Waals surface area contributed by atoms with Gasteiger partial charge in [0.1, 0.15) is 5.69 Å². The van der Waals surface area contributed by atoms with Crippen LogP contribution in [0.15, 0.2) is 29.9 Å². The Morgan fingerprint density at radius 2 is 2.31 bits per heavy atom. The van der Waals surface area contributed by atoms with E-state index in [0.717, 1.165) is 0 Å². The second-order valence-corrected chi connectivity index (χ2v) is 3.77. The number of hydrogen-bond acceptors (Lipinski definition) is 4. The lowest BCUT2D eigenvalue weighted by Gasteiger charge is -2.07. The molecule has 1 aromatic rings. The van der Waals surface area contributed by atoms with Gasteiger partial charge in [-0.25, -0.2) is 0 Å². The molecule has 0 aliphatic heterocycles.